The number of rotatable bonds is 7. The monoisotopic (exact) mass is 255 g/mol. The van der Waals surface area contributed by atoms with E-state index in [1.807, 2.05) is 5.51 Å². The number of hydrogen-bond donors (Lipinski definition) is 1. The summed E-state index contributed by atoms with van der Waals surface area (Å²) in [5.41, 5.74) is 3.04. The second kappa shape index (κ2) is 7.09. The lowest BCUT2D eigenvalue weighted by Gasteiger charge is -2.30. The summed E-state index contributed by atoms with van der Waals surface area (Å²) in [7, 11) is 0. The lowest BCUT2D eigenvalue weighted by molar-refractivity contribution is 0.174. The maximum Gasteiger partial charge on any atom is 0.0795 e. The second-order valence-corrected chi connectivity index (χ2v) is 5.73. The maximum atomic E-state index is 4.33. The zero-order valence-corrected chi connectivity index (χ0v) is 12.4. The van der Waals surface area contributed by atoms with Gasteiger partial charge in [0, 0.05) is 36.6 Å². The van der Waals surface area contributed by atoms with Crippen LogP contribution in [0.3, 0.4) is 0 Å². The summed E-state index contributed by atoms with van der Waals surface area (Å²) in [4.78, 5) is 6.83. The average molecular weight is 255 g/mol. The summed E-state index contributed by atoms with van der Waals surface area (Å²) < 4.78 is 0. The number of nitrogens with one attached hydrogen (secondary N) is 1. The van der Waals surface area contributed by atoms with Crippen LogP contribution in [0, 0.1) is 0 Å². The molecule has 98 valence electrons. The molecule has 0 saturated heterocycles. The molecule has 1 atom stereocenters. The molecule has 1 unspecified atom stereocenters. The van der Waals surface area contributed by atoms with Gasteiger partial charge in [-0.05, 0) is 34.6 Å². The third-order valence-corrected chi connectivity index (χ3v) is 3.65. The Morgan fingerprint density at radius 1 is 1.24 bits per heavy atom. The zero-order valence-electron chi connectivity index (χ0n) is 11.6. The van der Waals surface area contributed by atoms with Crippen molar-refractivity contribution in [1.29, 1.82) is 0 Å². The van der Waals surface area contributed by atoms with Crippen molar-refractivity contribution in [1.82, 2.24) is 15.2 Å². The molecule has 1 N–H and O–H groups in total. The lowest BCUT2D eigenvalue weighted by atomic mass is 10.2. The van der Waals surface area contributed by atoms with E-state index in [1.165, 1.54) is 0 Å². The van der Waals surface area contributed by atoms with Gasteiger partial charge in [0.1, 0.15) is 0 Å². The molecule has 1 aromatic heterocycles. The van der Waals surface area contributed by atoms with Gasteiger partial charge in [0.25, 0.3) is 0 Å². The molecule has 0 aliphatic carbocycles. The van der Waals surface area contributed by atoms with Crippen molar-refractivity contribution >= 4 is 11.3 Å². The first-order chi connectivity index (χ1) is 8.02. The van der Waals surface area contributed by atoms with Crippen molar-refractivity contribution in [3.63, 3.8) is 0 Å². The van der Waals surface area contributed by atoms with Crippen LogP contribution >= 0.6 is 11.3 Å². The second-order valence-electron chi connectivity index (χ2n) is 5.01. The molecule has 17 heavy (non-hydrogen) atoms. The summed E-state index contributed by atoms with van der Waals surface area (Å²) in [5.74, 6) is 0. The van der Waals surface area contributed by atoms with Crippen LogP contribution in [-0.4, -0.2) is 35.1 Å². The Morgan fingerprint density at radius 2 is 1.88 bits per heavy atom. The van der Waals surface area contributed by atoms with Gasteiger partial charge >= 0.3 is 0 Å². The molecule has 0 bridgehead atoms. The predicted octanol–water partition coefficient (Wildman–Crippen LogP) is 2.91. The summed E-state index contributed by atoms with van der Waals surface area (Å²) in [6.07, 6.45) is 0. The third kappa shape index (κ3) is 4.74. The smallest absolute Gasteiger partial charge is 0.0795 e. The molecule has 0 aliphatic heterocycles. The zero-order chi connectivity index (χ0) is 12.8. The third-order valence-electron chi connectivity index (χ3n) is 3.04. The normalized spacial score (nSPS) is 13.9. The van der Waals surface area contributed by atoms with Crippen LogP contribution < -0.4 is 5.32 Å². The average Bonchev–Trinajstić information content (AvgIpc) is 2.76. The molecule has 0 radical (unpaired) electrons. The molecular formula is C13H25N3S. The van der Waals surface area contributed by atoms with E-state index in [2.05, 4.69) is 55.2 Å². The van der Waals surface area contributed by atoms with Crippen molar-refractivity contribution in [2.24, 2.45) is 0 Å². The molecular weight excluding hydrogens is 230 g/mol. The highest BCUT2D eigenvalue weighted by atomic mass is 32.1. The minimum Gasteiger partial charge on any atom is -0.308 e. The van der Waals surface area contributed by atoms with E-state index in [1.54, 1.807) is 11.3 Å². The molecule has 0 fully saturated rings. The molecule has 0 aromatic carbocycles. The fourth-order valence-electron chi connectivity index (χ4n) is 2.06. The van der Waals surface area contributed by atoms with E-state index in [9.17, 15) is 0 Å². The Morgan fingerprint density at radius 3 is 2.35 bits per heavy atom. The Bertz CT molecular complexity index is 288. The highest BCUT2D eigenvalue weighted by molar-refractivity contribution is 7.07. The van der Waals surface area contributed by atoms with Crippen LogP contribution in [0.1, 0.15) is 46.4 Å². The van der Waals surface area contributed by atoms with Gasteiger partial charge in [0.15, 0.2) is 0 Å². The van der Waals surface area contributed by atoms with Gasteiger partial charge in [-0.2, -0.15) is 0 Å². The highest BCUT2D eigenvalue weighted by Crippen LogP contribution is 2.11. The van der Waals surface area contributed by atoms with Crippen molar-refractivity contribution in [2.45, 2.75) is 52.7 Å². The molecule has 1 heterocycles. The molecule has 0 aliphatic rings. The Balaban J connectivity index is 2.31. The van der Waals surface area contributed by atoms with Crippen LogP contribution in [0.25, 0.3) is 0 Å². The summed E-state index contributed by atoms with van der Waals surface area (Å²) >= 11 is 1.66. The van der Waals surface area contributed by atoms with Crippen LogP contribution in [0.5, 0.6) is 0 Å². The predicted molar refractivity (Wildman–Crippen MR) is 75.5 cm³/mol. The number of thiazole rings is 1. The Labute approximate surface area is 109 Å². The van der Waals surface area contributed by atoms with Gasteiger partial charge in [0.2, 0.25) is 0 Å². The van der Waals surface area contributed by atoms with E-state index in [-0.39, 0.29) is 0 Å². The number of hydrogen-bond acceptors (Lipinski definition) is 4. The van der Waals surface area contributed by atoms with Gasteiger partial charge < -0.3 is 5.32 Å². The standard InChI is InChI=1S/C13H25N3S/c1-10(2)16(11(3)4)7-6-14-12(5)13-8-17-9-15-13/h8-12,14H,6-7H2,1-5H3. The van der Waals surface area contributed by atoms with E-state index in [4.69, 9.17) is 0 Å². The van der Waals surface area contributed by atoms with Gasteiger partial charge in [0.05, 0.1) is 11.2 Å². The van der Waals surface area contributed by atoms with Crippen molar-refractivity contribution < 1.29 is 0 Å². The van der Waals surface area contributed by atoms with Crippen LogP contribution in [-0.2, 0) is 0 Å². The first-order valence-corrected chi connectivity index (χ1v) is 7.33. The molecule has 3 nitrogen and oxygen atoms in total. The van der Waals surface area contributed by atoms with E-state index >= 15 is 0 Å². The number of nitrogens with zero attached hydrogens (tertiary/aromatic N) is 2. The van der Waals surface area contributed by atoms with Crippen molar-refractivity contribution in [3.8, 4) is 0 Å². The molecule has 4 heteroatoms. The number of aromatic nitrogens is 1. The Hall–Kier alpha value is -0.450. The maximum absolute atomic E-state index is 4.33. The van der Waals surface area contributed by atoms with E-state index < -0.39 is 0 Å². The quantitative estimate of drug-likeness (QED) is 0.812. The van der Waals surface area contributed by atoms with Crippen LogP contribution in [0.4, 0.5) is 0 Å². The summed E-state index contributed by atoms with van der Waals surface area (Å²) in [5, 5.41) is 5.64. The van der Waals surface area contributed by atoms with E-state index in [0.29, 0.717) is 18.1 Å². The first-order valence-electron chi connectivity index (χ1n) is 6.39. The van der Waals surface area contributed by atoms with Crippen LogP contribution in [0.15, 0.2) is 10.9 Å². The minimum absolute atomic E-state index is 0.349. The molecule has 0 amide bonds. The SMILES string of the molecule is CC(NCCN(C(C)C)C(C)C)c1cscn1. The summed E-state index contributed by atoms with van der Waals surface area (Å²) in [6, 6.07) is 1.56. The molecule has 1 rings (SSSR count). The largest absolute Gasteiger partial charge is 0.308 e. The van der Waals surface area contributed by atoms with Crippen LogP contribution in [0.2, 0.25) is 0 Å². The fourth-order valence-corrected chi connectivity index (χ4v) is 2.71. The molecule has 1 aromatic rings. The van der Waals surface area contributed by atoms with E-state index in [0.717, 1.165) is 18.8 Å². The molecule has 0 spiro atoms. The van der Waals surface area contributed by atoms with Gasteiger partial charge in [-0.25, -0.2) is 4.98 Å². The van der Waals surface area contributed by atoms with Crippen molar-refractivity contribution in [2.75, 3.05) is 13.1 Å². The van der Waals surface area contributed by atoms with Crippen molar-refractivity contribution in [3.05, 3.63) is 16.6 Å². The van der Waals surface area contributed by atoms with Gasteiger partial charge in [-0.3, -0.25) is 4.90 Å². The topological polar surface area (TPSA) is 28.2 Å². The first kappa shape index (κ1) is 14.6. The highest BCUT2D eigenvalue weighted by Gasteiger charge is 2.13. The minimum atomic E-state index is 0.349. The molecule has 0 saturated carbocycles. The Kier molecular flexibility index (Phi) is 6.09. The summed E-state index contributed by atoms with van der Waals surface area (Å²) in [6.45, 7) is 13.3. The van der Waals surface area contributed by atoms with Gasteiger partial charge in [-0.1, -0.05) is 0 Å². The van der Waals surface area contributed by atoms with Gasteiger partial charge in [-0.15, -0.1) is 11.3 Å². The fraction of sp³-hybridized carbons (Fsp3) is 0.769. The lowest BCUT2D eigenvalue weighted by Crippen LogP contribution is -2.41.